The monoisotopic (exact) mass is 803 g/mol. The molecule has 322 valence electrons. The number of alkyl carbamates (subject to hydrolysis) is 1. The van der Waals surface area contributed by atoms with Crippen molar-refractivity contribution in [3.8, 4) is 11.1 Å². The molecule has 0 spiro atoms. The van der Waals surface area contributed by atoms with Crippen molar-refractivity contribution in [3.05, 3.63) is 59.7 Å². The molecule has 15 heteroatoms. The van der Waals surface area contributed by atoms with E-state index in [9.17, 15) is 28.8 Å². The second-order valence-corrected chi connectivity index (χ2v) is 12.6. The molecule has 0 radical (unpaired) electrons. The van der Waals surface area contributed by atoms with Gasteiger partial charge < -0.3 is 52.2 Å². The van der Waals surface area contributed by atoms with Crippen LogP contribution in [0.2, 0.25) is 0 Å². The Labute approximate surface area is 339 Å². The van der Waals surface area contributed by atoms with E-state index in [0.717, 1.165) is 22.3 Å². The maximum absolute atomic E-state index is 13.4. The van der Waals surface area contributed by atoms with Gasteiger partial charge in [-0.1, -0.05) is 103 Å². The summed E-state index contributed by atoms with van der Waals surface area (Å²) in [4.78, 5) is 71.8. The van der Waals surface area contributed by atoms with Crippen LogP contribution in [0.15, 0.2) is 48.5 Å². The number of nitrogens with one attached hydrogen (secondary N) is 3. The number of hydrogen-bond acceptors (Lipinski definition) is 10. The number of amides is 5. The average Bonchev–Trinajstić information content (AvgIpc) is 3.52. The molecule has 0 saturated carbocycles. The second kappa shape index (κ2) is 34.4. The first kappa shape index (κ1) is 54.2. The lowest BCUT2D eigenvalue weighted by Crippen LogP contribution is -2.50. The fourth-order valence-electron chi connectivity index (χ4n) is 5.50. The topological polar surface area (TPSA) is 244 Å². The van der Waals surface area contributed by atoms with E-state index in [4.69, 9.17) is 25.7 Å². The van der Waals surface area contributed by atoms with Gasteiger partial charge in [-0.3, -0.25) is 19.2 Å². The molecular formula is C42H70N6O9. The lowest BCUT2D eigenvalue weighted by molar-refractivity contribution is -0.124. The van der Waals surface area contributed by atoms with E-state index in [1.54, 1.807) is 0 Å². The number of nitrogens with two attached hydrogens (primary N) is 3. The van der Waals surface area contributed by atoms with Crippen LogP contribution < -0.4 is 33.2 Å². The van der Waals surface area contributed by atoms with Crippen LogP contribution >= 0.6 is 0 Å². The van der Waals surface area contributed by atoms with Crippen molar-refractivity contribution in [2.24, 2.45) is 17.2 Å². The molecule has 1 aliphatic rings. The molecule has 0 aromatic heterocycles. The van der Waals surface area contributed by atoms with Gasteiger partial charge in [0.15, 0.2) is 0 Å². The molecule has 57 heavy (non-hydrogen) atoms. The van der Waals surface area contributed by atoms with E-state index in [0.29, 0.717) is 6.29 Å². The molecule has 0 aliphatic heterocycles. The number of fused-ring (bicyclic) bond motifs is 3. The fourth-order valence-corrected chi connectivity index (χ4v) is 5.50. The maximum atomic E-state index is 13.4. The molecule has 0 heterocycles. The Kier molecular flexibility index (Phi) is 32.7. The van der Waals surface area contributed by atoms with E-state index in [1.807, 2.05) is 62.4 Å². The SMILES string of the molecule is CC.CCC.CCC.CN.NC(=O)COCCNC(=O)CCC(CCC=O)(CCC(=O)NCCOCC(N)=O)NC(=O)OCC1c2ccccc2-c2ccccc21. The summed E-state index contributed by atoms with van der Waals surface area (Å²) in [6.45, 7) is 12.4. The van der Waals surface area contributed by atoms with Gasteiger partial charge >= 0.3 is 6.09 Å². The molecule has 5 amide bonds. The first-order valence-corrected chi connectivity index (χ1v) is 19.9. The number of hydrogen-bond donors (Lipinski definition) is 6. The minimum Gasteiger partial charge on any atom is -0.449 e. The predicted molar refractivity (Wildman–Crippen MR) is 224 cm³/mol. The number of aldehydes is 1. The van der Waals surface area contributed by atoms with E-state index in [1.165, 1.54) is 19.9 Å². The van der Waals surface area contributed by atoms with Crippen LogP contribution in [0.3, 0.4) is 0 Å². The van der Waals surface area contributed by atoms with Crippen LogP contribution in [0.1, 0.15) is 110 Å². The van der Waals surface area contributed by atoms with Crippen molar-refractivity contribution in [2.75, 3.05) is 53.2 Å². The van der Waals surface area contributed by atoms with E-state index < -0.39 is 23.4 Å². The van der Waals surface area contributed by atoms with Gasteiger partial charge in [0.05, 0.1) is 13.2 Å². The number of benzene rings is 2. The summed E-state index contributed by atoms with van der Waals surface area (Å²) in [5, 5.41) is 8.25. The van der Waals surface area contributed by atoms with Crippen LogP contribution in [0.4, 0.5) is 4.79 Å². The molecule has 0 bridgehead atoms. The minimum absolute atomic E-state index is 0.0408. The van der Waals surface area contributed by atoms with Gasteiger partial charge in [-0.05, 0) is 48.6 Å². The van der Waals surface area contributed by atoms with Gasteiger partial charge in [0.25, 0.3) is 0 Å². The normalized spacial score (nSPS) is 10.7. The number of rotatable bonds is 22. The van der Waals surface area contributed by atoms with Crippen LogP contribution in [0.25, 0.3) is 11.1 Å². The zero-order valence-corrected chi connectivity index (χ0v) is 35.3. The van der Waals surface area contributed by atoms with Crippen molar-refractivity contribution >= 4 is 36.0 Å². The first-order valence-electron chi connectivity index (χ1n) is 19.9. The second-order valence-electron chi connectivity index (χ2n) is 12.6. The molecule has 1 aliphatic carbocycles. The van der Waals surface area contributed by atoms with Crippen LogP contribution in [0, 0.1) is 0 Å². The van der Waals surface area contributed by atoms with Crippen molar-refractivity contribution < 1.29 is 43.0 Å². The summed E-state index contributed by atoms with van der Waals surface area (Å²) in [6.07, 6.45) is 2.82. The zero-order valence-electron chi connectivity index (χ0n) is 35.3. The molecule has 2 aromatic rings. The number of ether oxygens (including phenoxy) is 3. The van der Waals surface area contributed by atoms with Gasteiger partial charge in [-0.15, -0.1) is 0 Å². The average molecular weight is 803 g/mol. The lowest BCUT2D eigenvalue weighted by atomic mass is 9.83. The Morgan fingerprint density at radius 1 is 0.702 bits per heavy atom. The molecule has 0 unspecified atom stereocenters. The maximum Gasteiger partial charge on any atom is 0.407 e. The molecule has 9 N–H and O–H groups in total. The summed E-state index contributed by atoms with van der Waals surface area (Å²) in [7, 11) is 1.50. The highest BCUT2D eigenvalue weighted by Gasteiger charge is 2.35. The van der Waals surface area contributed by atoms with Crippen molar-refractivity contribution in [2.45, 2.75) is 104 Å². The smallest absolute Gasteiger partial charge is 0.407 e. The van der Waals surface area contributed by atoms with Crippen molar-refractivity contribution in [1.82, 2.24) is 16.0 Å². The Hall–Kier alpha value is -4.86. The van der Waals surface area contributed by atoms with Gasteiger partial charge in [-0.2, -0.15) is 0 Å². The van der Waals surface area contributed by atoms with E-state index in [-0.39, 0.29) is 102 Å². The fraction of sp³-hybridized carbons (Fsp3) is 0.571. The number of carbonyl (C=O) groups excluding carboxylic acids is 6. The largest absolute Gasteiger partial charge is 0.449 e. The van der Waals surface area contributed by atoms with Crippen molar-refractivity contribution in [3.63, 3.8) is 0 Å². The quantitative estimate of drug-likeness (QED) is 0.0720. The third-order valence-electron chi connectivity index (χ3n) is 7.74. The van der Waals surface area contributed by atoms with Gasteiger partial charge in [0.1, 0.15) is 26.1 Å². The molecular weight excluding hydrogens is 732 g/mol. The third kappa shape index (κ3) is 23.7. The van der Waals surface area contributed by atoms with Crippen LogP contribution in [-0.4, -0.2) is 94.7 Å². The van der Waals surface area contributed by atoms with Crippen LogP contribution in [0.5, 0.6) is 0 Å². The molecule has 0 atom stereocenters. The zero-order chi connectivity index (χ0) is 43.5. The Balaban J connectivity index is 0. The summed E-state index contributed by atoms with van der Waals surface area (Å²) in [5.74, 6) is -2.14. The third-order valence-corrected chi connectivity index (χ3v) is 7.74. The highest BCUT2D eigenvalue weighted by atomic mass is 16.5. The summed E-state index contributed by atoms with van der Waals surface area (Å²) in [6, 6.07) is 15.9. The highest BCUT2D eigenvalue weighted by Crippen LogP contribution is 2.44. The Bertz CT molecular complexity index is 1350. The van der Waals surface area contributed by atoms with Gasteiger partial charge in [-0.25, -0.2) is 4.79 Å². The molecule has 3 rings (SSSR count). The van der Waals surface area contributed by atoms with Gasteiger partial charge in [0.2, 0.25) is 23.6 Å². The number of carbonyl (C=O) groups is 6. The van der Waals surface area contributed by atoms with Gasteiger partial charge in [0, 0.05) is 43.8 Å². The Morgan fingerprint density at radius 3 is 1.49 bits per heavy atom. The number of primary amides is 2. The first-order chi connectivity index (χ1) is 27.5. The lowest BCUT2D eigenvalue weighted by Gasteiger charge is -2.34. The molecule has 15 nitrogen and oxygen atoms in total. The summed E-state index contributed by atoms with van der Waals surface area (Å²) in [5.41, 5.74) is 17.7. The highest BCUT2D eigenvalue weighted by molar-refractivity contribution is 5.80. The standard InChI is InChI=1S/C33H43N5O9.2C3H8.C2H6.CH5N/c34-28(40)21-45-18-15-36-30(42)10-13-33(12-5-17-39,14-11-31(43)37-16-19-46-22-29(35)41)38-32(44)47-20-27-25-8-3-1-6-23(25)24-7-2-4-9-26(24)27;2*1-3-2;2*1-2/h1-4,6-9,17,27H,5,10-16,18-22H2,(H2,34,40)(H2,35,41)(H,36,42)(H,37,43)(H,38,44);2*3H2,1-2H3;1-2H3;2H2,1H3. The Morgan fingerprint density at radius 2 is 1.11 bits per heavy atom. The summed E-state index contributed by atoms with van der Waals surface area (Å²) < 4.78 is 15.9. The molecule has 2 aromatic carbocycles. The van der Waals surface area contributed by atoms with E-state index >= 15 is 0 Å². The predicted octanol–water partition coefficient (Wildman–Crippen LogP) is 4.47. The minimum atomic E-state index is -1.14. The summed E-state index contributed by atoms with van der Waals surface area (Å²) >= 11 is 0. The molecule has 0 fully saturated rings. The van der Waals surface area contributed by atoms with E-state index in [2.05, 4.69) is 49.4 Å². The molecule has 0 saturated heterocycles. The van der Waals surface area contributed by atoms with Crippen molar-refractivity contribution in [1.29, 1.82) is 0 Å². The van der Waals surface area contributed by atoms with Crippen LogP contribution in [-0.2, 0) is 38.2 Å².